The smallest absolute Gasteiger partial charge is 0.169 e. The van der Waals surface area contributed by atoms with Crippen molar-refractivity contribution in [1.82, 2.24) is 10.2 Å². The molecule has 2 nitrogen and oxygen atoms in total. The SMILES string of the molecule is C[Si](C)(Cl)CC1NCC=CN1C[Si](C)(C)Cl. The Kier molecular flexibility index (Phi) is 4.95. The number of hydrogen-bond acceptors (Lipinski definition) is 2. The van der Waals surface area contributed by atoms with Crippen molar-refractivity contribution >= 4 is 36.9 Å². The van der Waals surface area contributed by atoms with Gasteiger partial charge in [-0.15, -0.1) is 0 Å². The molecule has 0 amide bonds. The average Bonchev–Trinajstić information content (AvgIpc) is 2.03. The maximum absolute atomic E-state index is 6.43. The van der Waals surface area contributed by atoms with E-state index in [-0.39, 0.29) is 0 Å². The van der Waals surface area contributed by atoms with Gasteiger partial charge in [0.1, 0.15) is 0 Å². The van der Waals surface area contributed by atoms with Gasteiger partial charge in [0.2, 0.25) is 0 Å². The number of nitrogens with one attached hydrogen (secondary N) is 1. The number of rotatable bonds is 4. The van der Waals surface area contributed by atoms with Crippen LogP contribution in [0.5, 0.6) is 0 Å². The van der Waals surface area contributed by atoms with E-state index in [1.807, 2.05) is 0 Å². The van der Waals surface area contributed by atoms with Crippen LogP contribution in [0.1, 0.15) is 0 Å². The molecule has 1 unspecified atom stereocenters. The summed E-state index contributed by atoms with van der Waals surface area (Å²) < 4.78 is 0. The second-order valence-electron chi connectivity index (χ2n) is 5.62. The van der Waals surface area contributed by atoms with E-state index >= 15 is 0 Å². The van der Waals surface area contributed by atoms with Gasteiger partial charge in [0.25, 0.3) is 0 Å². The molecule has 1 aliphatic rings. The van der Waals surface area contributed by atoms with Crippen molar-refractivity contribution < 1.29 is 0 Å². The van der Waals surface area contributed by atoms with Crippen molar-refractivity contribution in [2.75, 3.05) is 12.7 Å². The Balaban J connectivity index is 2.64. The Morgan fingerprint density at radius 3 is 2.38 bits per heavy atom. The van der Waals surface area contributed by atoms with E-state index in [2.05, 4.69) is 48.7 Å². The summed E-state index contributed by atoms with van der Waals surface area (Å²) in [6, 6.07) is 1.06. The highest BCUT2D eigenvalue weighted by Crippen LogP contribution is 2.22. The molecular weight excluding hydrogens is 275 g/mol. The maximum Gasteiger partial charge on any atom is 0.169 e. The molecule has 0 aromatic rings. The summed E-state index contributed by atoms with van der Waals surface area (Å²) in [6.07, 6.45) is 5.67. The van der Waals surface area contributed by atoms with Crippen LogP contribution in [0.2, 0.25) is 32.2 Å². The molecule has 0 saturated heterocycles. The molecule has 1 heterocycles. The third kappa shape index (κ3) is 5.73. The molecule has 6 heteroatoms. The zero-order valence-corrected chi connectivity index (χ0v) is 14.1. The summed E-state index contributed by atoms with van der Waals surface area (Å²) in [4.78, 5) is 2.33. The molecule has 16 heavy (non-hydrogen) atoms. The highest BCUT2D eigenvalue weighted by molar-refractivity contribution is 7.19. The van der Waals surface area contributed by atoms with Gasteiger partial charge in [-0.3, -0.25) is 5.32 Å². The Morgan fingerprint density at radius 1 is 1.25 bits per heavy atom. The Labute approximate surface area is 110 Å². The summed E-state index contributed by atoms with van der Waals surface area (Å²) in [5.74, 6) is 0. The first-order valence-electron chi connectivity index (χ1n) is 5.71. The summed E-state index contributed by atoms with van der Waals surface area (Å²) in [6.45, 7) is 9.67. The van der Waals surface area contributed by atoms with Crippen LogP contribution < -0.4 is 5.32 Å². The Hall–Kier alpha value is 0.514. The first kappa shape index (κ1) is 14.6. The molecule has 1 rings (SSSR count). The number of halogens is 2. The summed E-state index contributed by atoms with van der Waals surface area (Å²) in [5.41, 5.74) is 0. The minimum absolute atomic E-state index is 0.370. The van der Waals surface area contributed by atoms with Gasteiger partial charge in [-0.1, -0.05) is 32.3 Å². The molecular formula is C10H22Cl2N2Si2. The molecule has 1 N–H and O–H groups in total. The summed E-state index contributed by atoms with van der Waals surface area (Å²) in [5, 5.41) is 3.50. The molecule has 0 radical (unpaired) electrons. The van der Waals surface area contributed by atoms with Crippen LogP contribution in [-0.4, -0.2) is 38.5 Å². The first-order chi connectivity index (χ1) is 7.17. The maximum atomic E-state index is 6.43. The second-order valence-corrected chi connectivity index (χ2v) is 19.4. The van der Waals surface area contributed by atoms with Crippen LogP contribution in [0, 0.1) is 0 Å². The second kappa shape index (κ2) is 5.44. The lowest BCUT2D eigenvalue weighted by Gasteiger charge is -2.38. The van der Waals surface area contributed by atoms with Gasteiger partial charge in [-0.2, -0.15) is 22.2 Å². The molecule has 0 aromatic heterocycles. The Bertz CT molecular complexity index is 259. The van der Waals surface area contributed by atoms with Gasteiger partial charge >= 0.3 is 0 Å². The first-order valence-corrected chi connectivity index (χ1v) is 14.1. The van der Waals surface area contributed by atoms with E-state index in [0.717, 1.165) is 18.8 Å². The summed E-state index contributed by atoms with van der Waals surface area (Å²) >= 11 is 12.8. The highest BCUT2D eigenvalue weighted by Gasteiger charge is 2.30. The zero-order chi connectivity index (χ0) is 12.4. The van der Waals surface area contributed by atoms with Crippen LogP contribution in [0.15, 0.2) is 12.3 Å². The van der Waals surface area contributed by atoms with E-state index in [9.17, 15) is 0 Å². The molecule has 94 valence electrons. The van der Waals surface area contributed by atoms with Crippen LogP contribution in [0.25, 0.3) is 0 Å². The van der Waals surface area contributed by atoms with Crippen molar-refractivity contribution in [3.63, 3.8) is 0 Å². The standard InChI is InChI=1S/C10H22Cl2N2Si2/c1-15(2,11)8-10-13-6-5-7-14(10)9-16(3,4)12/h5,7,10,13H,6,8-9H2,1-4H3. The van der Waals surface area contributed by atoms with Crippen LogP contribution in [0.4, 0.5) is 0 Å². The van der Waals surface area contributed by atoms with Gasteiger partial charge in [-0.25, -0.2) is 0 Å². The molecule has 0 fully saturated rings. The normalized spacial score (nSPS) is 22.6. The van der Waals surface area contributed by atoms with Crippen LogP contribution >= 0.6 is 22.2 Å². The average molecular weight is 297 g/mol. The van der Waals surface area contributed by atoms with Crippen molar-refractivity contribution in [3.8, 4) is 0 Å². The van der Waals surface area contributed by atoms with Crippen molar-refractivity contribution in [2.45, 2.75) is 38.4 Å². The fourth-order valence-corrected chi connectivity index (χ4v) is 5.20. The van der Waals surface area contributed by atoms with Crippen LogP contribution in [-0.2, 0) is 0 Å². The predicted molar refractivity (Wildman–Crippen MR) is 79.1 cm³/mol. The largest absolute Gasteiger partial charge is 0.364 e. The lowest BCUT2D eigenvalue weighted by Crippen LogP contribution is -2.52. The quantitative estimate of drug-likeness (QED) is 0.633. The number of hydrogen-bond donors (Lipinski definition) is 1. The van der Waals surface area contributed by atoms with Crippen molar-refractivity contribution in [3.05, 3.63) is 12.3 Å². The van der Waals surface area contributed by atoms with Gasteiger partial charge in [0.05, 0.1) is 6.17 Å². The van der Waals surface area contributed by atoms with E-state index in [1.54, 1.807) is 0 Å². The monoisotopic (exact) mass is 296 g/mol. The molecule has 0 saturated carbocycles. The molecule has 0 aliphatic carbocycles. The lowest BCUT2D eigenvalue weighted by atomic mass is 10.4. The third-order valence-corrected chi connectivity index (χ3v) is 5.70. The van der Waals surface area contributed by atoms with E-state index < -0.39 is 14.8 Å². The molecule has 0 bridgehead atoms. The molecule has 0 aromatic carbocycles. The van der Waals surface area contributed by atoms with Gasteiger partial charge in [-0.05, 0) is 12.2 Å². The fraction of sp³-hybridized carbons (Fsp3) is 0.800. The van der Waals surface area contributed by atoms with Crippen LogP contribution in [0.3, 0.4) is 0 Å². The van der Waals surface area contributed by atoms with E-state index in [4.69, 9.17) is 22.2 Å². The van der Waals surface area contributed by atoms with Crippen molar-refractivity contribution in [1.29, 1.82) is 0 Å². The summed E-state index contributed by atoms with van der Waals surface area (Å²) in [7, 11) is -3.14. The van der Waals surface area contributed by atoms with Gasteiger partial charge in [0, 0.05) is 12.7 Å². The lowest BCUT2D eigenvalue weighted by molar-refractivity contribution is 0.272. The molecule has 1 aliphatic heterocycles. The molecule has 0 spiro atoms. The van der Waals surface area contributed by atoms with Crippen molar-refractivity contribution in [2.24, 2.45) is 0 Å². The van der Waals surface area contributed by atoms with Gasteiger partial charge in [0.15, 0.2) is 14.8 Å². The van der Waals surface area contributed by atoms with Gasteiger partial charge < -0.3 is 4.90 Å². The molecule has 1 atom stereocenters. The Morgan fingerprint density at radius 2 is 1.88 bits per heavy atom. The predicted octanol–water partition coefficient (Wildman–Crippen LogP) is 3.16. The number of nitrogens with zero attached hydrogens (tertiary/aromatic N) is 1. The third-order valence-electron chi connectivity index (χ3n) is 2.41. The fourth-order valence-electron chi connectivity index (χ4n) is 1.86. The minimum atomic E-state index is -1.58. The topological polar surface area (TPSA) is 15.3 Å². The van der Waals surface area contributed by atoms with E-state index in [1.165, 1.54) is 0 Å². The highest BCUT2D eigenvalue weighted by atomic mass is 35.6. The van der Waals surface area contributed by atoms with E-state index in [0.29, 0.717) is 6.17 Å². The zero-order valence-electron chi connectivity index (χ0n) is 10.6. The minimum Gasteiger partial charge on any atom is -0.364 e.